The molecule has 0 aliphatic carbocycles. The maximum Gasteiger partial charge on any atom is 0.249 e. The highest BCUT2D eigenvalue weighted by molar-refractivity contribution is 5.80. The van der Waals surface area contributed by atoms with Crippen LogP contribution in [0.2, 0.25) is 0 Å². The molecule has 1 saturated heterocycles. The molecular weight excluding hydrogens is 711 g/mol. The van der Waals surface area contributed by atoms with Gasteiger partial charge in [-0.3, -0.25) is 4.79 Å². The predicted molar refractivity (Wildman–Crippen MR) is 227 cm³/mol. The van der Waals surface area contributed by atoms with Gasteiger partial charge in [-0.2, -0.15) is 0 Å². The van der Waals surface area contributed by atoms with Gasteiger partial charge < -0.3 is 45.4 Å². The fourth-order valence-electron chi connectivity index (χ4n) is 6.48. The summed E-state index contributed by atoms with van der Waals surface area (Å²) in [5, 5.41) is 64.5. The van der Waals surface area contributed by atoms with E-state index in [9.17, 15) is 35.4 Å². The van der Waals surface area contributed by atoms with E-state index in [1.165, 1.54) is 77.0 Å². The molecule has 0 aromatic carbocycles. The van der Waals surface area contributed by atoms with E-state index in [4.69, 9.17) is 9.47 Å². The molecule has 10 heteroatoms. The van der Waals surface area contributed by atoms with Crippen molar-refractivity contribution in [2.75, 3.05) is 13.2 Å². The minimum absolute atomic E-state index is 0.292. The highest BCUT2D eigenvalue weighted by atomic mass is 16.7. The van der Waals surface area contributed by atoms with E-state index in [1.807, 2.05) is 6.08 Å². The van der Waals surface area contributed by atoms with E-state index in [0.29, 0.717) is 19.3 Å². The third kappa shape index (κ3) is 26.0. The van der Waals surface area contributed by atoms with Gasteiger partial charge in [0.2, 0.25) is 5.91 Å². The number of hydrogen-bond donors (Lipinski definition) is 7. The number of hydrogen-bond acceptors (Lipinski definition) is 9. The van der Waals surface area contributed by atoms with Crippen LogP contribution in [-0.4, -0.2) is 98.7 Å². The lowest BCUT2D eigenvalue weighted by Crippen LogP contribution is -2.60. The van der Waals surface area contributed by atoms with Crippen molar-refractivity contribution in [2.45, 2.75) is 210 Å². The Morgan fingerprint density at radius 1 is 0.625 bits per heavy atom. The minimum Gasteiger partial charge on any atom is -0.394 e. The number of rotatable bonds is 35. The highest BCUT2D eigenvalue weighted by Gasteiger charge is 2.44. The molecule has 0 aromatic heterocycles. The molecule has 1 amide bonds. The van der Waals surface area contributed by atoms with Gasteiger partial charge in [-0.15, -0.1) is 0 Å². The van der Waals surface area contributed by atoms with Gasteiger partial charge in [0.05, 0.1) is 25.4 Å². The second kappa shape index (κ2) is 36.0. The number of carbonyl (C=O) groups excluding carboxylic acids is 1. The molecule has 10 nitrogen and oxygen atoms in total. The predicted octanol–water partition coefficient (Wildman–Crippen LogP) is 7.80. The molecule has 1 heterocycles. The number of amides is 1. The Labute approximate surface area is 339 Å². The van der Waals surface area contributed by atoms with Crippen LogP contribution in [-0.2, 0) is 14.3 Å². The van der Waals surface area contributed by atoms with Gasteiger partial charge in [0.1, 0.15) is 30.5 Å². The molecule has 0 bridgehead atoms. The van der Waals surface area contributed by atoms with Crippen LogP contribution in [0, 0.1) is 0 Å². The van der Waals surface area contributed by atoms with Gasteiger partial charge in [-0.05, 0) is 70.6 Å². The van der Waals surface area contributed by atoms with Gasteiger partial charge in [0.25, 0.3) is 0 Å². The average Bonchev–Trinajstić information content (AvgIpc) is 3.20. The lowest BCUT2D eigenvalue weighted by atomic mass is 9.99. The fraction of sp³-hybridized carbons (Fsp3) is 0.761. The zero-order valence-electron chi connectivity index (χ0n) is 35.0. The first-order valence-electron chi connectivity index (χ1n) is 22.1. The van der Waals surface area contributed by atoms with E-state index in [2.05, 4.69) is 67.8 Å². The van der Waals surface area contributed by atoms with E-state index in [1.54, 1.807) is 6.08 Å². The van der Waals surface area contributed by atoms with Gasteiger partial charge in [0.15, 0.2) is 6.29 Å². The van der Waals surface area contributed by atoms with Crippen LogP contribution in [0.15, 0.2) is 60.8 Å². The third-order valence-electron chi connectivity index (χ3n) is 10.2. The largest absolute Gasteiger partial charge is 0.394 e. The van der Waals surface area contributed by atoms with Gasteiger partial charge in [-0.1, -0.05) is 152 Å². The summed E-state index contributed by atoms with van der Waals surface area (Å²) in [4.78, 5) is 13.0. The molecule has 1 rings (SSSR count). The van der Waals surface area contributed by atoms with Crippen molar-refractivity contribution in [3.05, 3.63) is 60.8 Å². The molecule has 0 aromatic rings. The summed E-state index contributed by atoms with van der Waals surface area (Å²) in [6.45, 7) is 3.50. The first kappa shape index (κ1) is 51.9. The summed E-state index contributed by atoms with van der Waals surface area (Å²) in [5.41, 5.74) is 0. The Morgan fingerprint density at radius 2 is 1.11 bits per heavy atom. The van der Waals surface area contributed by atoms with Crippen molar-refractivity contribution >= 4 is 5.91 Å². The third-order valence-corrected chi connectivity index (χ3v) is 10.2. The molecule has 324 valence electrons. The first-order valence-corrected chi connectivity index (χ1v) is 22.1. The first-order chi connectivity index (χ1) is 27.3. The van der Waals surface area contributed by atoms with Crippen molar-refractivity contribution in [1.29, 1.82) is 0 Å². The van der Waals surface area contributed by atoms with Crippen LogP contribution >= 0.6 is 0 Å². The Kier molecular flexibility index (Phi) is 33.3. The normalized spacial score (nSPS) is 22.3. The molecule has 0 radical (unpaired) electrons. The summed E-state index contributed by atoms with van der Waals surface area (Å²) in [6.07, 6.45) is 35.9. The molecule has 8 unspecified atom stereocenters. The number of nitrogens with one attached hydrogen (secondary N) is 1. The summed E-state index contributed by atoms with van der Waals surface area (Å²) in [7, 11) is 0. The Balaban J connectivity index is 2.46. The van der Waals surface area contributed by atoms with Crippen LogP contribution in [0.5, 0.6) is 0 Å². The molecule has 56 heavy (non-hydrogen) atoms. The minimum atomic E-state index is -1.62. The molecule has 7 N–H and O–H groups in total. The summed E-state index contributed by atoms with van der Waals surface area (Å²) in [5.74, 6) is -0.639. The number of aliphatic hydroxyl groups excluding tert-OH is 6. The molecule has 1 fully saturated rings. The molecule has 1 aliphatic rings. The summed E-state index contributed by atoms with van der Waals surface area (Å²) in [6, 6.07) is -1.01. The highest BCUT2D eigenvalue weighted by Crippen LogP contribution is 2.22. The van der Waals surface area contributed by atoms with Gasteiger partial charge >= 0.3 is 0 Å². The summed E-state index contributed by atoms with van der Waals surface area (Å²) >= 11 is 0. The maximum atomic E-state index is 13.0. The SMILES string of the molecule is CCCCC/C=C\C=C/CCCCCCCCCCCC(O)C(=O)NC(COC1OC(CO)C(O)C(O)C1O)C(O)/C=C/CC/C=C/CC/C=C/CCCCC. The number of allylic oxidation sites excluding steroid dienone is 9. The maximum absolute atomic E-state index is 13.0. The molecule has 8 atom stereocenters. The lowest BCUT2D eigenvalue weighted by molar-refractivity contribution is -0.302. The van der Waals surface area contributed by atoms with Crippen LogP contribution in [0.3, 0.4) is 0 Å². The van der Waals surface area contributed by atoms with Gasteiger partial charge in [-0.25, -0.2) is 0 Å². The zero-order valence-corrected chi connectivity index (χ0v) is 35.0. The van der Waals surface area contributed by atoms with E-state index >= 15 is 0 Å². The molecule has 1 aliphatic heterocycles. The van der Waals surface area contributed by atoms with E-state index < -0.39 is 61.5 Å². The summed E-state index contributed by atoms with van der Waals surface area (Å²) < 4.78 is 11.1. The number of aliphatic hydroxyl groups is 6. The van der Waals surface area contributed by atoms with Crippen LogP contribution in [0.4, 0.5) is 0 Å². The number of carbonyl (C=O) groups is 1. The van der Waals surface area contributed by atoms with E-state index in [0.717, 1.165) is 51.4 Å². The smallest absolute Gasteiger partial charge is 0.249 e. The van der Waals surface area contributed by atoms with Crippen molar-refractivity contribution in [2.24, 2.45) is 0 Å². The Bertz CT molecular complexity index is 1070. The monoisotopic (exact) mass is 792 g/mol. The molecular formula is C46H81NO9. The van der Waals surface area contributed by atoms with Crippen molar-refractivity contribution in [3.63, 3.8) is 0 Å². The van der Waals surface area contributed by atoms with Crippen molar-refractivity contribution in [3.8, 4) is 0 Å². The van der Waals surface area contributed by atoms with Crippen LogP contribution in [0.1, 0.15) is 162 Å². The van der Waals surface area contributed by atoms with E-state index in [-0.39, 0.29) is 6.61 Å². The van der Waals surface area contributed by atoms with Crippen molar-refractivity contribution in [1.82, 2.24) is 5.32 Å². The number of unbranched alkanes of at least 4 members (excludes halogenated alkanes) is 17. The van der Waals surface area contributed by atoms with Crippen LogP contribution in [0.25, 0.3) is 0 Å². The Morgan fingerprint density at radius 3 is 1.66 bits per heavy atom. The second-order valence-corrected chi connectivity index (χ2v) is 15.3. The second-order valence-electron chi connectivity index (χ2n) is 15.3. The standard InChI is InChI=1S/C46H81NO9/c1-3-5-7-9-11-13-15-17-18-19-20-21-23-25-27-29-31-33-35-40(50)45(54)47-38(37-55-46-44(53)43(52)42(51)41(36-48)56-46)39(49)34-32-30-28-26-24-22-16-14-12-10-8-6-4-2/h11-15,17,24,26,32,34,38-44,46,48-53H,3-10,16,18-23,25,27-31,33,35-37H2,1-2H3,(H,47,54)/b13-11-,14-12+,17-15-,26-24+,34-32+. The fourth-order valence-corrected chi connectivity index (χ4v) is 6.48. The molecule has 0 saturated carbocycles. The van der Waals surface area contributed by atoms with Crippen LogP contribution < -0.4 is 5.32 Å². The van der Waals surface area contributed by atoms with Crippen molar-refractivity contribution < 1.29 is 44.9 Å². The molecule has 0 spiro atoms. The average molecular weight is 792 g/mol. The number of ether oxygens (including phenoxy) is 2. The van der Waals surface area contributed by atoms with Gasteiger partial charge in [0, 0.05) is 0 Å². The zero-order chi connectivity index (χ0) is 41.1. The topological polar surface area (TPSA) is 169 Å². The lowest BCUT2D eigenvalue weighted by Gasteiger charge is -2.40. The Hall–Kier alpha value is -2.15. The quantitative estimate of drug-likeness (QED) is 0.0192.